The van der Waals surface area contributed by atoms with Gasteiger partial charge in [-0.05, 0) is 30.7 Å². The Labute approximate surface area is 149 Å². The first-order valence-corrected chi connectivity index (χ1v) is 8.26. The lowest BCUT2D eigenvalue weighted by atomic mass is 10.1. The van der Waals surface area contributed by atoms with Gasteiger partial charge in [0.1, 0.15) is 23.1 Å². The topological polar surface area (TPSA) is 58.6 Å². The van der Waals surface area contributed by atoms with Crippen LogP contribution in [0.2, 0.25) is 0 Å². The molecule has 1 atom stereocenters. The quantitative estimate of drug-likeness (QED) is 0.892. The van der Waals surface area contributed by atoms with E-state index in [0.29, 0.717) is 12.2 Å². The predicted octanol–water partition coefficient (Wildman–Crippen LogP) is 2.76. The van der Waals surface area contributed by atoms with Crippen LogP contribution in [0.3, 0.4) is 0 Å². The number of nitrogens with zero attached hydrogens (tertiary/aromatic N) is 1. The molecule has 0 saturated carbocycles. The summed E-state index contributed by atoms with van der Waals surface area (Å²) >= 11 is 0. The molecule has 0 aromatic heterocycles. The minimum Gasteiger partial charge on any atom is -0.480 e. The molecule has 1 aliphatic heterocycles. The number of hydrogen-bond donors (Lipinski definition) is 1. The summed E-state index contributed by atoms with van der Waals surface area (Å²) in [6, 6.07) is 10.6. The van der Waals surface area contributed by atoms with Crippen molar-refractivity contribution in [1.29, 1.82) is 0 Å². The molecule has 2 amide bonds. The van der Waals surface area contributed by atoms with Crippen LogP contribution >= 0.6 is 0 Å². The molecule has 0 fully saturated rings. The van der Waals surface area contributed by atoms with E-state index in [1.54, 1.807) is 13.0 Å². The molecule has 0 aliphatic carbocycles. The fraction of sp³-hybridized carbons (Fsp3) is 0.263. The predicted molar refractivity (Wildman–Crippen MR) is 91.8 cm³/mol. The first-order chi connectivity index (χ1) is 12.5. The van der Waals surface area contributed by atoms with E-state index in [9.17, 15) is 18.4 Å². The largest absolute Gasteiger partial charge is 0.480 e. The molecule has 2 aromatic carbocycles. The van der Waals surface area contributed by atoms with Crippen molar-refractivity contribution in [2.75, 3.05) is 18.4 Å². The second-order valence-corrected chi connectivity index (χ2v) is 5.92. The number of benzene rings is 2. The Morgan fingerprint density at radius 3 is 2.50 bits per heavy atom. The molecule has 0 bridgehead atoms. The average Bonchev–Trinajstić information content (AvgIpc) is 3.06. The van der Waals surface area contributed by atoms with Gasteiger partial charge >= 0.3 is 0 Å². The van der Waals surface area contributed by atoms with Gasteiger partial charge in [0.25, 0.3) is 5.91 Å². The SMILES string of the molecule is CCN(CC(=O)Nc1c(F)cccc1F)C(=O)[C@@H]1Cc2ccccc2O1. The molecule has 7 heteroatoms. The molecular formula is C19H18F2N2O3. The fourth-order valence-electron chi connectivity index (χ4n) is 2.84. The summed E-state index contributed by atoms with van der Waals surface area (Å²) in [5, 5.41) is 2.18. The third kappa shape index (κ3) is 3.66. The van der Waals surface area contributed by atoms with Crippen LogP contribution in [0.15, 0.2) is 42.5 Å². The highest BCUT2D eigenvalue weighted by atomic mass is 19.1. The number of fused-ring (bicyclic) bond motifs is 1. The van der Waals surface area contributed by atoms with Crippen molar-refractivity contribution in [2.45, 2.75) is 19.4 Å². The number of carbonyl (C=O) groups excluding carboxylic acids is 2. The van der Waals surface area contributed by atoms with E-state index in [2.05, 4.69) is 5.32 Å². The van der Waals surface area contributed by atoms with Crippen LogP contribution in [0.1, 0.15) is 12.5 Å². The van der Waals surface area contributed by atoms with Gasteiger partial charge in [0, 0.05) is 13.0 Å². The molecule has 2 aromatic rings. The van der Waals surface area contributed by atoms with Crippen LogP contribution < -0.4 is 10.1 Å². The van der Waals surface area contributed by atoms with Gasteiger partial charge in [-0.3, -0.25) is 9.59 Å². The molecule has 5 nitrogen and oxygen atoms in total. The smallest absolute Gasteiger partial charge is 0.264 e. The van der Waals surface area contributed by atoms with Crippen molar-refractivity contribution < 1.29 is 23.1 Å². The first-order valence-electron chi connectivity index (χ1n) is 8.26. The Morgan fingerprint density at radius 1 is 1.15 bits per heavy atom. The van der Waals surface area contributed by atoms with Crippen LogP contribution in [0.4, 0.5) is 14.5 Å². The van der Waals surface area contributed by atoms with Gasteiger partial charge in [0.15, 0.2) is 6.10 Å². The number of carbonyl (C=O) groups is 2. The van der Waals surface area contributed by atoms with E-state index in [-0.39, 0.29) is 19.0 Å². The standard InChI is InChI=1S/C19H18F2N2O3/c1-2-23(11-17(24)22-18-13(20)7-5-8-14(18)21)19(25)16-10-12-6-3-4-9-15(12)26-16/h3-9,16H,2,10-11H2,1H3,(H,22,24)/t16-/m0/s1. The second kappa shape index (κ2) is 7.51. The number of anilines is 1. The molecule has 1 aliphatic rings. The Morgan fingerprint density at radius 2 is 1.85 bits per heavy atom. The number of likely N-dealkylation sites (N-methyl/N-ethyl adjacent to an activating group) is 1. The summed E-state index contributed by atoms with van der Waals surface area (Å²) < 4.78 is 32.9. The lowest BCUT2D eigenvalue weighted by Gasteiger charge is -2.23. The highest BCUT2D eigenvalue weighted by Crippen LogP contribution is 2.29. The van der Waals surface area contributed by atoms with Crippen LogP contribution in [-0.2, 0) is 16.0 Å². The second-order valence-electron chi connectivity index (χ2n) is 5.92. The van der Waals surface area contributed by atoms with Crippen molar-refractivity contribution in [2.24, 2.45) is 0 Å². The molecule has 1 N–H and O–H groups in total. The fourth-order valence-corrected chi connectivity index (χ4v) is 2.84. The van der Waals surface area contributed by atoms with Gasteiger partial charge in [-0.1, -0.05) is 24.3 Å². The van der Waals surface area contributed by atoms with Crippen LogP contribution in [0, 0.1) is 11.6 Å². The maximum atomic E-state index is 13.6. The summed E-state index contributed by atoms with van der Waals surface area (Å²) in [4.78, 5) is 26.1. The summed E-state index contributed by atoms with van der Waals surface area (Å²) in [6.45, 7) is 1.67. The summed E-state index contributed by atoms with van der Waals surface area (Å²) in [5.74, 6) is -2.11. The van der Waals surface area contributed by atoms with Crippen molar-refractivity contribution in [1.82, 2.24) is 4.90 Å². The van der Waals surface area contributed by atoms with Crippen LogP contribution in [0.5, 0.6) is 5.75 Å². The van der Waals surface area contributed by atoms with E-state index < -0.39 is 29.3 Å². The molecule has 0 radical (unpaired) electrons. The number of para-hydroxylation sites is 2. The zero-order valence-electron chi connectivity index (χ0n) is 14.2. The third-order valence-corrected chi connectivity index (χ3v) is 4.18. The number of halogens is 2. The van der Waals surface area contributed by atoms with Gasteiger partial charge in [-0.25, -0.2) is 8.78 Å². The van der Waals surface area contributed by atoms with Crippen molar-refractivity contribution >= 4 is 17.5 Å². The lowest BCUT2D eigenvalue weighted by Crippen LogP contribution is -2.45. The number of amides is 2. The van der Waals surface area contributed by atoms with Crippen molar-refractivity contribution in [3.63, 3.8) is 0 Å². The molecule has 1 heterocycles. The number of hydrogen-bond acceptors (Lipinski definition) is 3. The van der Waals surface area contributed by atoms with Crippen molar-refractivity contribution in [3.05, 3.63) is 59.7 Å². The molecule has 0 unspecified atom stereocenters. The summed E-state index contributed by atoms with van der Waals surface area (Å²) in [5.41, 5.74) is 0.408. The van der Waals surface area contributed by atoms with Crippen molar-refractivity contribution in [3.8, 4) is 5.75 Å². The zero-order valence-corrected chi connectivity index (χ0v) is 14.2. The van der Waals surface area contributed by atoms with E-state index >= 15 is 0 Å². The minimum atomic E-state index is -0.873. The monoisotopic (exact) mass is 360 g/mol. The molecule has 0 saturated heterocycles. The van der Waals surface area contributed by atoms with E-state index in [1.807, 2.05) is 18.2 Å². The van der Waals surface area contributed by atoms with Gasteiger partial charge in [0.2, 0.25) is 5.91 Å². The lowest BCUT2D eigenvalue weighted by molar-refractivity contribution is -0.140. The highest BCUT2D eigenvalue weighted by molar-refractivity contribution is 5.95. The van der Waals surface area contributed by atoms with E-state index in [4.69, 9.17) is 4.74 Å². The molecule has 3 rings (SSSR count). The zero-order chi connectivity index (χ0) is 18.7. The highest BCUT2D eigenvalue weighted by Gasteiger charge is 2.32. The Bertz CT molecular complexity index is 796. The first kappa shape index (κ1) is 17.8. The third-order valence-electron chi connectivity index (χ3n) is 4.18. The van der Waals surface area contributed by atoms with Crippen LogP contribution in [-0.4, -0.2) is 35.9 Å². The van der Waals surface area contributed by atoms with Gasteiger partial charge in [0.05, 0.1) is 6.54 Å². The number of rotatable bonds is 5. The summed E-state index contributed by atoms with van der Waals surface area (Å²) in [7, 11) is 0. The molecule has 26 heavy (non-hydrogen) atoms. The summed E-state index contributed by atoms with van der Waals surface area (Å²) in [6.07, 6.45) is -0.278. The molecule has 0 spiro atoms. The maximum Gasteiger partial charge on any atom is 0.264 e. The average molecular weight is 360 g/mol. The Hall–Kier alpha value is -2.96. The number of ether oxygens (including phenoxy) is 1. The minimum absolute atomic E-state index is 0.266. The van der Waals surface area contributed by atoms with Gasteiger partial charge < -0.3 is 15.0 Å². The number of nitrogens with one attached hydrogen (secondary N) is 1. The normalized spacial score (nSPS) is 15.1. The molecule has 136 valence electrons. The Balaban J connectivity index is 1.64. The van der Waals surface area contributed by atoms with Gasteiger partial charge in [-0.15, -0.1) is 0 Å². The van der Waals surface area contributed by atoms with Crippen LogP contribution in [0.25, 0.3) is 0 Å². The maximum absolute atomic E-state index is 13.6. The van der Waals surface area contributed by atoms with E-state index in [1.165, 1.54) is 11.0 Å². The van der Waals surface area contributed by atoms with E-state index in [0.717, 1.165) is 17.7 Å². The Kier molecular flexibility index (Phi) is 5.16. The molecular weight excluding hydrogens is 342 g/mol. The van der Waals surface area contributed by atoms with Gasteiger partial charge in [-0.2, -0.15) is 0 Å².